The van der Waals surface area contributed by atoms with Gasteiger partial charge in [0.1, 0.15) is 0 Å². The van der Waals surface area contributed by atoms with Crippen LogP contribution in [0.4, 0.5) is 0 Å². The Hall–Kier alpha value is -1.09. The molecule has 86 valence electrons. The highest BCUT2D eigenvalue weighted by molar-refractivity contribution is 9.10. The van der Waals surface area contributed by atoms with Crippen molar-refractivity contribution < 1.29 is 0 Å². The average Bonchev–Trinajstić information content (AvgIpc) is 2.24. The van der Waals surface area contributed by atoms with Crippen molar-refractivity contribution in [3.8, 4) is 0 Å². The van der Waals surface area contributed by atoms with Crippen molar-refractivity contribution in [2.75, 3.05) is 14.1 Å². The summed E-state index contributed by atoms with van der Waals surface area (Å²) >= 11 is 3.44. The molecule has 0 radical (unpaired) electrons. The standard InChI is InChI=1S/C13H17BrN2/c1-4-5-11(6-7-16(2)3)12-8-13(14)10-15-9-12/h5-10H,4H2,1-3H3/b7-6+,11-5+. The number of hydrogen-bond donors (Lipinski definition) is 0. The highest BCUT2D eigenvalue weighted by Crippen LogP contribution is 2.19. The molecule has 0 aliphatic heterocycles. The molecule has 0 unspecified atom stereocenters. The molecule has 0 bridgehead atoms. The molecule has 0 N–H and O–H groups in total. The van der Waals surface area contributed by atoms with E-state index >= 15 is 0 Å². The molecule has 0 saturated carbocycles. The number of hydrogen-bond acceptors (Lipinski definition) is 2. The van der Waals surface area contributed by atoms with Crippen LogP contribution in [0.1, 0.15) is 18.9 Å². The van der Waals surface area contributed by atoms with E-state index in [2.05, 4.69) is 46.1 Å². The second-order valence-electron chi connectivity index (χ2n) is 3.74. The molecular weight excluding hydrogens is 264 g/mol. The highest BCUT2D eigenvalue weighted by atomic mass is 79.9. The summed E-state index contributed by atoms with van der Waals surface area (Å²) in [5, 5.41) is 0. The molecule has 0 atom stereocenters. The number of rotatable bonds is 4. The molecule has 0 fully saturated rings. The van der Waals surface area contributed by atoms with E-state index in [1.54, 1.807) is 6.20 Å². The molecule has 2 nitrogen and oxygen atoms in total. The van der Waals surface area contributed by atoms with Crippen LogP contribution in [0.5, 0.6) is 0 Å². The van der Waals surface area contributed by atoms with Crippen LogP contribution in [-0.4, -0.2) is 24.0 Å². The fourth-order valence-electron chi connectivity index (χ4n) is 1.30. The fraction of sp³-hybridized carbons (Fsp3) is 0.308. The molecule has 0 amide bonds. The second-order valence-corrected chi connectivity index (χ2v) is 4.65. The quantitative estimate of drug-likeness (QED) is 0.782. The number of pyridine rings is 1. The van der Waals surface area contributed by atoms with Gasteiger partial charge >= 0.3 is 0 Å². The Morgan fingerprint density at radius 1 is 1.44 bits per heavy atom. The molecule has 0 aromatic carbocycles. The molecule has 1 heterocycles. The van der Waals surface area contributed by atoms with Gasteiger partial charge in [-0.1, -0.05) is 13.0 Å². The Labute approximate surface area is 106 Å². The summed E-state index contributed by atoms with van der Waals surface area (Å²) in [6.45, 7) is 2.13. The lowest BCUT2D eigenvalue weighted by Crippen LogP contribution is -2.00. The zero-order valence-electron chi connectivity index (χ0n) is 9.94. The van der Waals surface area contributed by atoms with Gasteiger partial charge in [0.05, 0.1) is 0 Å². The van der Waals surface area contributed by atoms with Crippen molar-refractivity contribution in [3.63, 3.8) is 0 Å². The first-order valence-electron chi connectivity index (χ1n) is 5.29. The number of halogens is 1. The van der Waals surface area contributed by atoms with Crippen LogP contribution < -0.4 is 0 Å². The third kappa shape index (κ3) is 4.19. The van der Waals surface area contributed by atoms with E-state index in [9.17, 15) is 0 Å². The summed E-state index contributed by atoms with van der Waals surface area (Å²) in [7, 11) is 4.03. The van der Waals surface area contributed by atoms with E-state index in [1.165, 1.54) is 5.57 Å². The van der Waals surface area contributed by atoms with Gasteiger partial charge in [-0.2, -0.15) is 0 Å². The minimum atomic E-state index is 1.00. The van der Waals surface area contributed by atoms with Crippen LogP contribution in [0.3, 0.4) is 0 Å². The molecule has 16 heavy (non-hydrogen) atoms. The zero-order chi connectivity index (χ0) is 12.0. The molecule has 1 rings (SSSR count). The second kappa shape index (κ2) is 6.48. The molecular formula is C13H17BrN2. The highest BCUT2D eigenvalue weighted by Gasteiger charge is 1.98. The lowest BCUT2D eigenvalue weighted by atomic mass is 10.1. The predicted molar refractivity (Wildman–Crippen MR) is 73.0 cm³/mol. The van der Waals surface area contributed by atoms with Gasteiger partial charge in [0.15, 0.2) is 0 Å². The van der Waals surface area contributed by atoms with E-state index < -0.39 is 0 Å². The summed E-state index contributed by atoms with van der Waals surface area (Å²) in [6, 6.07) is 2.08. The van der Waals surface area contributed by atoms with Crippen molar-refractivity contribution in [2.24, 2.45) is 0 Å². The summed E-state index contributed by atoms with van der Waals surface area (Å²) in [4.78, 5) is 6.20. The van der Waals surface area contributed by atoms with Crippen molar-refractivity contribution in [1.29, 1.82) is 0 Å². The van der Waals surface area contributed by atoms with E-state index in [1.807, 2.05) is 31.4 Å². The largest absolute Gasteiger partial charge is 0.383 e. The van der Waals surface area contributed by atoms with Crippen LogP contribution in [0.15, 0.2) is 41.3 Å². The van der Waals surface area contributed by atoms with Crippen molar-refractivity contribution in [1.82, 2.24) is 9.88 Å². The van der Waals surface area contributed by atoms with Gasteiger partial charge in [0.25, 0.3) is 0 Å². The average molecular weight is 281 g/mol. The van der Waals surface area contributed by atoms with Gasteiger partial charge in [-0.15, -0.1) is 0 Å². The smallest absolute Gasteiger partial charge is 0.0410 e. The van der Waals surface area contributed by atoms with Gasteiger partial charge in [0, 0.05) is 36.5 Å². The molecule has 0 spiro atoms. The van der Waals surface area contributed by atoms with Gasteiger partial charge in [0.2, 0.25) is 0 Å². The zero-order valence-corrected chi connectivity index (χ0v) is 11.5. The van der Waals surface area contributed by atoms with Gasteiger partial charge in [-0.05, 0) is 46.3 Å². The monoisotopic (exact) mass is 280 g/mol. The maximum absolute atomic E-state index is 4.18. The van der Waals surface area contributed by atoms with Crippen LogP contribution in [0, 0.1) is 0 Å². The summed E-state index contributed by atoms with van der Waals surface area (Å²) < 4.78 is 1.00. The predicted octanol–water partition coefficient (Wildman–Crippen LogP) is 3.71. The van der Waals surface area contributed by atoms with Crippen molar-refractivity contribution >= 4 is 21.5 Å². The Kier molecular flexibility index (Phi) is 5.26. The van der Waals surface area contributed by atoms with E-state index in [4.69, 9.17) is 0 Å². The van der Waals surface area contributed by atoms with E-state index in [-0.39, 0.29) is 0 Å². The molecule has 0 aliphatic carbocycles. The van der Waals surface area contributed by atoms with Crippen LogP contribution >= 0.6 is 15.9 Å². The lowest BCUT2D eigenvalue weighted by molar-refractivity contribution is 0.564. The maximum Gasteiger partial charge on any atom is 0.0410 e. The third-order valence-corrected chi connectivity index (χ3v) is 2.45. The van der Waals surface area contributed by atoms with Crippen LogP contribution in [0.25, 0.3) is 5.57 Å². The first-order valence-corrected chi connectivity index (χ1v) is 6.08. The maximum atomic E-state index is 4.18. The minimum Gasteiger partial charge on any atom is -0.383 e. The summed E-state index contributed by atoms with van der Waals surface area (Å²) in [6.07, 6.45) is 11.0. The number of aromatic nitrogens is 1. The van der Waals surface area contributed by atoms with Gasteiger partial charge in [-0.25, -0.2) is 0 Å². The number of allylic oxidation sites excluding steroid dienone is 3. The molecule has 1 aromatic heterocycles. The Morgan fingerprint density at radius 3 is 2.75 bits per heavy atom. The van der Waals surface area contributed by atoms with Crippen LogP contribution in [0.2, 0.25) is 0 Å². The summed E-state index contributed by atoms with van der Waals surface area (Å²) in [5.41, 5.74) is 2.33. The minimum absolute atomic E-state index is 1.00. The molecule has 3 heteroatoms. The topological polar surface area (TPSA) is 16.1 Å². The Morgan fingerprint density at radius 2 is 2.19 bits per heavy atom. The van der Waals surface area contributed by atoms with Crippen molar-refractivity contribution in [3.05, 3.63) is 46.8 Å². The molecule has 1 aromatic rings. The first-order chi connectivity index (χ1) is 7.63. The van der Waals surface area contributed by atoms with Gasteiger partial charge in [-0.3, -0.25) is 4.98 Å². The van der Waals surface area contributed by atoms with E-state index in [0.29, 0.717) is 0 Å². The summed E-state index contributed by atoms with van der Waals surface area (Å²) in [5.74, 6) is 0. The van der Waals surface area contributed by atoms with E-state index in [0.717, 1.165) is 16.5 Å². The normalized spacial score (nSPS) is 12.1. The fourth-order valence-corrected chi connectivity index (χ4v) is 1.67. The SMILES string of the molecule is CC/C=C(\C=C\N(C)C)c1cncc(Br)c1. The Bertz CT molecular complexity index is 395. The van der Waals surface area contributed by atoms with Crippen LogP contribution in [-0.2, 0) is 0 Å². The molecule has 0 aliphatic rings. The molecule has 0 saturated heterocycles. The Balaban J connectivity index is 2.99. The number of nitrogens with zero attached hydrogens (tertiary/aromatic N) is 2. The van der Waals surface area contributed by atoms with Crippen molar-refractivity contribution in [2.45, 2.75) is 13.3 Å². The third-order valence-electron chi connectivity index (χ3n) is 2.01. The first kappa shape index (κ1) is 13.0. The van der Waals surface area contributed by atoms with Gasteiger partial charge < -0.3 is 4.90 Å². The lowest BCUT2D eigenvalue weighted by Gasteiger charge is -2.06.